The third-order valence-electron chi connectivity index (χ3n) is 3.95. The Bertz CT molecular complexity index is 467. The number of likely N-dealkylation sites (tertiary alicyclic amines) is 1. The van der Waals surface area contributed by atoms with Crippen molar-refractivity contribution in [3.05, 3.63) is 18.0 Å². The molecule has 1 amide bonds. The maximum atomic E-state index is 12.4. The molecule has 2 heterocycles. The van der Waals surface area contributed by atoms with E-state index >= 15 is 0 Å². The number of hydrogen-bond acceptors (Lipinski definition) is 4. The zero-order valence-electron chi connectivity index (χ0n) is 13.3. The van der Waals surface area contributed by atoms with Gasteiger partial charge in [0, 0.05) is 25.8 Å². The van der Waals surface area contributed by atoms with Crippen LogP contribution >= 0.6 is 0 Å². The highest BCUT2D eigenvalue weighted by Crippen LogP contribution is 2.17. The summed E-state index contributed by atoms with van der Waals surface area (Å²) in [5.41, 5.74) is 0.492. The van der Waals surface area contributed by atoms with E-state index in [0.717, 1.165) is 38.9 Å². The van der Waals surface area contributed by atoms with Gasteiger partial charge in [0.2, 0.25) is 5.95 Å². The summed E-state index contributed by atoms with van der Waals surface area (Å²) in [5.74, 6) is 1.92. The Kier molecular flexibility index (Phi) is 5.53. The van der Waals surface area contributed by atoms with Crippen molar-refractivity contribution in [1.82, 2.24) is 14.9 Å². The first-order chi connectivity index (χ1) is 10.1. The molecule has 116 valence electrons. The Hall–Kier alpha value is -1.65. The summed E-state index contributed by atoms with van der Waals surface area (Å²) < 4.78 is 0. The van der Waals surface area contributed by atoms with Crippen molar-refractivity contribution in [2.24, 2.45) is 11.8 Å². The van der Waals surface area contributed by atoms with Crippen molar-refractivity contribution in [3.8, 4) is 0 Å². The van der Waals surface area contributed by atoms with Crippen LogP contribution in [0.15, 0.2) is 12.3 Å². The predicted octanol–water partition coefficient (Wildman–Crippen LogP) is 2.81. The molecule has 0 radical (unpaired) electrons. The molecule has 0 aromatic carbocycles. The summed E-state index contributed by atoms with van der Waals surface area (Å²) in [7, 11) is 0. The fourth-order valence-electron chi connectivity index (χ4n) is 2.41. The topological polar surface area (TPSA) is 58.1 Å². The lowest BCUT2D eigenvalue weighted by molar-refractivity contribution is 0.0691. The van der Waals surface area contributed by atoms with E-state index < -0.39 is 0 Å². The van der Waals surface area contributed by atoms with Gasteiger partial charge >= 0.3 is 0 Å². The number of aromatic nitrogens is 2. The van der Waals surface area contributed by atoms with E-state index in [4.69, 9.17) is 0 Å². The molecular weight excluding hydrogens is 264 g/mol. The van der Waals surface area contributed by atoms with E-state index in [-0.39, 0.29) is 5.91 Å². The molecule has 0 bridgehead atoms. The Morgan fingerprint density at radius 3 is 2.81 bits per heavy atom. The van der Waals surface area contributed by atoms with E-state index in [2.05, 4.69) is 36.1 Å². The maximum absolute atomic E-state index is 12.4. The second-order valence-corrected chi connectivity index (χ2v) is 6.35. The van der Waals surface area contributed by atoms with Crippen molar-refractivity contribution >= 4 is 11.9 Å². The Morgan fingerprint density at radius 2 is 2.14 bits per heavy atom. The number of rotatable bonds is 5. The lowest BCUT2D eigenvalue weighted by atomic mass is 9.99. The number of nitrogens with one attached hydrogen (secondary N) is 1. The summed E-state index contributed by atoms with van der Waals surface area (Å²) in [6.45, 7) is 9.10. The number of carbonyl (C=O) groups excluding carboxylic acids is 1. The summed E-state index contributed by atoms with van der Waals surface area (Å²) in [4.78, 5) is 22.9. The van der Waals surface area contributed by atoms with Crippen molar-refractivity contribution in [2.45, 2.75) is 40.0 Å². The lowest BCUT2D eigenvalue weighted by Crippen LogP contribution is -2.38. The molecule has 2 rings (SSSR count). The molecule has 0 aliphatic carbocycles. The van der Waals surface area contributed by atoms with Crippen LogP contribution in [0.2, 0.25) is 0 Å². The van der Waals surface area contributed by atoms with Crippen molar-refractivity contribution in [2.75, 3.05) is 25.0 Å². The first-order valence-corrected chi connectivity index (χ1v) is 7.92. The van der Waals surface area contributed by atoms with Gasteiger partial charge in [-0.05, 0) is 37.2 Å². The van der Waals surface area contributed by atoms with E-state index in [0.29, 0.717) is 23.5 Å². The smallest absolute Gasteiger partial charge is 0.272 e. The molecular formula is C16H26N4O. The molecule has 5 heteroatoms. The number of amides is 1. The molecule has 1 aliphatic heterocycles. The van der Waals surface area contributed by atoms with Gasteiger partial charge in [0.1, 0.15) is 5.69 Å². The molecule has 1 N–H and O–H groups in total. The number of anilines is 1. The largest absolute Gasteiger partial charge is 0.354 e. The molecule has 5 nitrogen and oxygen atoms in total. The average molecular weight is 290 g/mol. The summed E-state index contributed by atoms with van der Waals surface area (Å²) in [6.07, 6.45) is 4.88. The van der Waals surface area contributed by atoms with Crippen LogP contribution in [0.5, 0.6) is 0 Å². The Morgan fingerprint density at radius 1 is 1.43 bits per heavy atom. The molecule has 0 atom stereocenters. The minimum Gasteiger partial charge on any atom is -0.354 e. The molecule has 1 aliphatic rings. The Balaban J connectivity index is 1.94. The molecule has 0 spiro atoms. The van der Waals surface area contributed by atoms with Gasteiger partial charge in [-0.3, -0.25) is 4.79 Å². The predicted molar refractivity (Wildman–Crippen MR) is 84.3 cm³/mol. The zero-order valence-corrected chi connectivity index (χ0v) is 13.3. The van der Waals surface area contributed by atoms with E-state index in [9.17, 15) is 4.79 Å². The van der Waals surface area contributed by atoms with Gasteiger partial charge < -0.3 is 10.2 Å². The fraction of sp³-hybridized carbons (Fsp3) is 0.688. The lowest BCUT2D eigenvalue weighted by Gasteiger charge is -2.30. The van der Waals surface area contributed by atoms with Crippen LogP contribution in [-0.4, -0.2) is 40.4 Å². The molecule has 21 heavy (non-hydrogen) atoms. The van der Waals surface area contributed by atoms with E-state index in [1.807, 2.05) is 4.90 Å². The standard InChI is InChI=1S/C16H26N4O/c1-12(2)4-8-17-16-18-9-5-14(19-16)15(21)20-10-6-13(3)7-11-20/h5,9,12-13H,4,6-8,10-11H2,1-3H3,(H,17,18,19). The van der Waals surface area contributed by atoms with Crippen LogP contribution in [0, 0.1) is 11.8 Å². The number of piperidine rings is 1. The average Bonchev–Trinajstić information content (AvgIpc) is 2.47. The van der Waals surface area contributed by atoms with Crippen LogP contribution in [0.3, 0.4) is 0 Å². The monoisotopic (exact) mass is 290 g/mol. The molecule has 1 aromatic heterocycles. The normalized spacial score (nSPS) is 16.3. The van der Waals surface area contributed by atoms with Gasteiger partial charge in [-0.1, -0.05) is 20.8 Å². The highest BCUT2D eigenvalue weighted by Gasteiger charge is 2.22. The van der Waals surface area contributed by atoms with Gasteiger partial charge in [0.15, 0.2) is 0 Å². The number of hydrogen-bond donors (Lipinski definition) is 1. The zero-order chi connectivity index (χ0) is 15.2. The minimum atomic E-state index is 0.0243. The summed E-state index contributed by atoms with van der Waals surface area (Å²) in [6, 6.07) is 1.70. The molecule has 1 aromatic rings. The SMILES string of the molecule is CC(C)CCNc1nccc(C(=O)N2CCC(C)CC2)n1. The van der Waals surface area contributed by atoms with Gasteiger partial charge in [0.05, 0.1) is 0 Å². The summed E-state index contributed by atoms with van der Waals surface area (Å²) in [5, 5.41) is 3.19. The molecule has 1 saturated heterocycles. The third-order valence-corrected chi connectivity index (χ3v) is 3.95. The van der Waals surface area contributed by atoms with Crippen molar-refractivity contribution in [1.29, 1.82) is 0 Å². The van der Waals surface area contributed by atoms with Gasteiger partial charge in [-0.15, -0.1) is 0 Å². The fourth-order valence-corrected chi connectivity index (χ4v) is 2.41. The number of carbonyl (C=O) groups is 1. The van der Waals surface area contributed by atoms with E-state index in [1.165, 1.54) is 0 Å². The first kappa shape index (κ1) is 15.7. The van der Waals surface area contributed by atoms with Crippen LogP contribution < -0.4 is 5.32 Å². The number of nitrogens with zero attached hydrogens (tertiary/aromatic N) is 3. The Labute approximate surface area is 127 Å². The van der Waals surface area contributed by atoms with Gasteiger partial charge in [-0.2, -0.15) is 0 Å². The molecule has 0 saturated carbocycles. The third kappa shape index (κ3) is 4.69. The van der Waals surface area contributed by atoms with E-state index in [1.54, 1.807) is 12.3 Å². The highest BCUT2D eigenvalue weighted by molar-refractivity contribution is 5.92. The molecule has 1 fully saturated rings. The first-order valence-electron chi connectivity index (χ1n) is 7.92. The second-order valence-electron chi connectivity index (χ2n) is 6.35. The molecule has 0 unspecified atom stereocenters. The van der Waals surface area contributed by atoms with Crippen LogP contribution in [0.25, 0.3) is 0 Å². The minimum absolute atomic E-state index is 0.0243. The summed E-state index contributed by atoms with van der Waals surface area (Å²) >= 11 is 0. The van der Waals surface area contributed by atoms with Gasteiger partial charge in [0.25, 0.3) is 5.91 Å². The second kappa shape index (κ2) is 7.38. The van der Waals surface area contributed by atoms with Crippen LogP contribution in [-0.2, 0) is 0 Å². The van der Waals surface area contributed by atoms with Gasteiger partial charge in [-0.25, -0.2) is 9.97 Å². The van der Waals surface area contributed by atoms with Crippen molar-refractivity contribution < 1.29 is 4.79 Å². The van der Waals surface area contributed by atoms with Crippen molar-refractivity contribution in [3.63, 3.8) is 0 Å². The van der Waals surface area contributed by atoms with Crippen LogP contribution in [0.4, 0.5) is 5.95 Å². The van der Waals surface area contributed by atoms with Crippen LogP contribution in [0.1, 0.15) is 50.5 Å². The maximum Gasteiger partial charge on any atom is 0.272 e. The highest BCUT2D eigenvalue weighted by atomic mass is 16.2. The quantitative estimate of drug-likeness (QED) is 0.906.